The number of nitrogens with zero attached hydrogens (tertiary/aromatic N) is 3. The zero-order valence-electron chi connectivity index (χ0n) is 10.7. The maximum absolute atomic E-state index is 11.0. The lowest BCUT2D eigenvalue weighted by atomic mass is 10.3. The van der Waals surface area contributed by atoms with Gasteiger partial charge in [0.05, 0.1) is 29.9 Å². The van der Waals surface area contributed by atoms with E-state index in [1.54, 1.807) is 4.68 Å². The summed E-state index contributed by atoms with van der Waals surface area (Å²) in [7, 11) is 5.19. The summed E-state index contributed by atoms with van der Waals surface area (Å²) in [5, 5.41) is 4.93. The van der Waals surface area contributed by atoms with Gasteiger partial charge in [-0.25, -0.2) is 0 Å². The van der Waals surface area contributed by atoms with E-state index in [-0.39, 0.29) is 5.97 Å². The summed E-state index contributed by atoms with van der Waals surface area (Å²) in [4.78, 5) is 13.0. The largest absolute Gasteiger partial charge is 0.469 e. The fourth-order valence-corrected chi connectivity index (χ4v) is 1.79. The van der Waals surface area contributed by atoms with Crippen molar-refractivity contribution in [2.24, 2.45) is 7.05 Å². The van der Waals surface area contributed by atoms with Gasteiger partial charge >= 0.3 is 5.97 Å². The summed E-state index contributed by atoms with van der Waals surface area (Å²) in [5.74, 6) is -0.205. The van der Waals surface area contributed by atoms with Crippen LogP contribution in [0.15, 0.2) is 0 Å². The van der Waals surface area contributed by atoms with Crippen molar-refractivity contribution >= 4 is 17.6 Å². The number of methoxy groups -OCH3 is 1. The number of aromatic nitrogens is 2. The minimum atomic E-state index is -0.205. The third-order valence-electron chi connectivity index (χ3n) is 2.61. The van der Waals surface area contributed by atoms with E-state index in [0.29, 0.717) is 24.5 Å². The monoisotopic (exact) mass is 259 g/mol. The van der Waals surface area contributed by atoms with Crippen molar-refractivity contribution in [2.45, 2.75) is 19.9 Å². The summed E-state index contributed by atoms with van der Waals surface area (Å²) in [6.45, 7) is 3.17. The van der Waals surface area contributed by atoms with E-state index in [1.165, 1.54) is 7.11 Å². The molecule has 0 N–H and O–H groups in total. The summed E-state index contributed by atoms with van der Waals surface area (Å²) >= 11 is 6.15. The first kappa shape index (κ1) is 14.0. The molecule has 0 fully saturated rings. The smallest absolute Gasteiger partial charge is 0.306 e. The number of esters is 1. The minimum absolute atomic E-state index is 0.205. The molecule has 5 nitrogen and oxygen atoms in total. The Kier molecular flexibility index (Phi) is 4.96. The number of aryl methyl sites for hydroxylation is 2. The van der Waals surface area contributed by atoms with E-state index in [9.17, 15) is 4.79 Å². The standard InChI is InChI=1S/C11H18ClN3O2/c1-8-11(12)9(15(3)13-8)7-14(2)6-5-10(16)17-4/h5-7H2,1-4H3. The third-order valence-corrected chi connectivity index (χ3v) is 3.10. The Balaban J connectivity index is 2.56. The lowest BCUT2D eigenvalue weighted by molar-refractivity contribution is -0.140. The number of hydrogen-bond acceptors (Lipinski definition) is 4. The molecule has 1 heterocycles. The first-order chi connectivity index (χ1) is 7.95. The average Bonchev–Trinajstić information content (AvgIpc) is 2.53. The van der Waals surface area contributed by atoms with E-state index < -0.39 is 0 Å². The van der Waals surface area contributed by atoms with Crippen LogP contribution < -0.4 is 0 Å². The van der Waals surface area contributed by atoms with Gasteiger partial charge in [-0.3, -0.25) is 14.4 Å². The zero-order valence-corrected chi connectivity index (χ0v) is 11.4. The van der Waals surface area contributed by atoms with Crippen LogP contribution in [0.2, 0.25) is 5.02 Å². The Bertz CT molecular complexity index is 404. The summed E-state index contributed by atoms with van der Waals surface area (Å²) in [5.41, 5.74) is 1.78. The van der Waals surface area contributed by atoms with Crippen LogP contribution in [0, 0.1) is 6.92 Å². The number of halogens is 1. The normalized spacial score (nSPS) is 10.9. The SMILES string of the molecule is COC(=O)CCN(C)Cc1c(Cl)c(C)nn1C. The lowest BCUT2D eigenvalue weighted by Crippen LogP contribution is -2.23. The number of ether oxygens (including phenoxy) is 1. The van der Waals surface area contributed by atoms with Crippen LogP contribution in [0.25, 0.3) is 0 Å². The van der Waals surface area contributed by atoms with Crippen molar-refractivity contribution in [2.75, 3.05) is 20.7 Å². The van der Waals surface area contributed by atoms with E-state index in [4.69, 9.17) is 11.6 Å². The number of rotatable bonds is 5. The van der Waals surface area contributed by atoms with Crippen LogP contribution >= 0.6 is 11.6 Å². The van der Waals surface area contributed by atoms with Gasteiger partial charge in [0, 0.05) is 20.1 Å². The molecule has 0 aromatic carbocycles. The van der Waals surface area contributed by atoms with Crippen molar-refractivity contribution in [1.82, 2.24) is 14.7 Å². The van der Waals surface area contributed by atoms with Gasteiger partial charge < -0.3 is 4.74 Å². The Morgan fingerprint density at radius 1 is 1.59 bits per heavy atom. The van der Waals surface area contributed by atoms with Gasteiger partial charge in [0.15, 0.2) is 0 Å². The van der Waals surface area contributed by atoms with Crippen molar-refractivity contribution in [1.29, 1.82) is 0 Å². The molecule has 0 saturated heterocycles. The molecule has 1 rings (SSSR count). The molecule has 0 atom stereocenters. The Hall–Kier alpha value is -1.07. The highest BCUT2D eigenvalue weighted by molar-refractivity contribution is 6.31. The third kappa shape index (κ3) is 3.71. The first-order valence-electron chi connectivity index (χ1n) is 5.39. The molecule has 0 spiro atoms. The molecule has 0 aliphatic carbocycles. The van der Waals surface area contributed by atoms with Crippen LogP contribution in [0.3, 0.4) is 0 Å². The quantitative estimate of drug-likeness (QED) is 0.750. The summed E-state index contributed by atoms with van der Waals surface area (Å²) < 4.78 is 6.36. The summed E-state index contributed by atoms with van der Waals surface area (Å²) in [6, 6.07) is 0. The van der Waals surface area contributed by atoms with Gasteiger partial charge in [-0.05, 0) is 14.0 Å². The lowest BCUT2D eigenvalue weighted by Gasteiger charge is -2.16. The minimum Gasteiger partial charge on any atom is -0.469 e. The predicted octanol–water partition coefficient (Wildman–Crippen LogP) is 1.38. The number of carbonyl (C=O) groups excluding carboxylic acids is 1. The molecule has 0 amide bonds. The molecular formula is C11H18ClN3O2. The molecule has 1 aromatic rings. The van der Waals surface area contributed by atoms with Crippen LogP contribution in [0.5, 0.6) is 0 Å². The van der Waals surface area contributed by atoms with Gasteiger partial charge in [0.1, 0.15) is 0 Å². The summed E-state index contributed by atoms with van der Waals surface area (Å²) in [6.07, 6.45) is 0.376. The second-order valence-corrected chi connectivity index (χ2v) is 4.41. The fraction of sp³-hybridized carbons (Fsp3) is 0.636. The molecule has 96 valence electrons. The fourth-order valence-electron chi connectivity index (χ4n) is 1.57. The molecule has 0 bridgehead atoms. The highest BCUT2D eigenvalue weighted by atomic mass is 35.5. The molecular weight excluding hydrogens is 242 g/mol. The number of hydrogen-bond donors (Lipinski definition) is 0. The predicted molar refractivity (Wildman–Crippen MR) is 65.9 cm³/mol. The van der Waals surface area contributed by atoms with Crippen LogP contribution in [0.1, 0.15) is 17.8 Å². The molecule has 1 aromatic heterocycles. The second-order valence-electron chi connectivity index (χ2n) is 4.03. The number of carbonyl (C=O) groups is 1. The molecule has 0 aliphatic rings. The molecule has 0 radical (unpaired) electrons. The Morgan fingerprint density at radius 3 is 2.71 bits per heavy atom. The Morgan fingerprint density at radius 2 is 2.24 bits per heavy atom. The van der Waals surface area contributed by atoms with Crippen molar-refractivity contribution < 1.29 is 9.53 Å². The van der Waals surface area contributed by atoms with Gasteiger partial charge in [-0.1, -0.05) is 11.6 Å². The van der Waals surface area contributed by atoms with E-state index in [0.717, 1.165) is 11.4 Å². The maximum atomic E-state index is 11.0. The molecule has 0 unspecified atom stereocenters. The van der Waals surface area contributed by atoms with Gasteiger partial charge in [0.2, 0.25) is 0 Å². The van der Waals surface area contributed by atoms with Gasteiger partial charge in [-0.15, -0.1) is 0 Å². The topological polar surface area (TPSA) is 47.4 Å². The average molecular weight is 260 g/mol. The Labute approximate surface area is 106 Å². The molecule has 17 heavy (non-hydrogen) atoms. The van der Waals surface area contributed by atoms with E-state index in [1.807, 2.05) is 25.9 Å². The van der Waals surface area contributed by atoms with Crippen molar-refractivity contribution in [3.05, 3.63) is 16.4 Å². The highest BCUT2D eigenvalue weighted by Gasteiger charge is 2.13. The van der Waals surface area contributed by atoms with Gasteiger partial charge in [0.25, 0.3) is 0 Å². The van der Waals surface area contributed by atoms with Crippen LogP contribution in [-0.2, 0) is 23.1 Å². The van der Waals surface area contributed by atoms with Gasteiger partial charge in [-0.2, -0.15) is 5.10 Å². The molecule has 6 heteroatoms. The van der Waals surface area contributed by atoms with Crippen LogP contribution in [-0.4, -0.2) is 41.4 Å². The first-order valence-corrected chi connectivity index (χ1v) is 5.76. The van der Waals surface area contributed by atoms with E-state index >= 15 is 0 Å². The zero-order chi connectivity index (χ0) is 13.0. The maximum Gasteiger partial charge on any atom is 0.306 e. The van der Waals surface area contributed by atoms with E-state index in [2.05, 4.69) is 9.84 Å². The van der Waals surface area contributed by atoms with Crippen molar-refractivity contribution in [3.63, 3.8) is 0 Å². The molecule has 0 saturated carbocycles. The highest BCUT2D eigenvalue weighted by Crippen LogP contribution is 2.20. The van der Waals surface area contributed by atoms with Crippen LogP contribution in [0.4, 0.5) is 0 Å². The second kappa shape index (κ2) is 6.02. The van der Waals surface area contributed by atoms with Crippen molar-refractivity contribution in [3.8, 4) is 0 Å². The molecule has 0 aliphatic heterocycles.